The van der Waals surface area contributed by atoms with Gasteiger partial charge in [0.1, 0.15) is 30.7 Å². The van der Waals surface area contributed by atoms with Crippen LogP contribution in [0.3, 0.4) is 0 Å². The van der Waals surface area contributed by atoms with Crippen molar-refractivity contribution in [2.75, 3.05) is 25.6 Å². The number of nitrogens with two attached hydrogens (primary N) is 1. The summed E-state index contributed by atoms with van der Waals surface area (Å²) in [5.74, 6) is -1.78. The summed E-state index contributed by atoms with van der Waals surface area (Å²) in [7, 11) is -10.9. The Morgan fingerprint density at radius 2 is 1.28 bits per heavy atom. The number of aliphatic hydroxyl groups excluding tert-OH is 2. The number of phosphoric ester groups is 2. The van der Waals surface area contributed by atoms with Crippen molar-refractivity contribution < 1.29 is 71.1 Å². The molecule has 0 radical (unpaired) electrons. The minimum absolute atomic E-state index is 0.0118. The molecule has 1 aromatic heterocycles. The van der Waals surface area contributed by atoms with E-state index in [0.717, 1.165) is 68.6 Å². The van der Waals surface area contributed by atoms with Crippen LogP contribution in [0.25, 0.3) is 0 Å². The molecule has 0 saturated carbocycles. The summed E-state index contributed by atoms with van der Waals surface area (Å²) in [6, 6.07) is 1.23. The molecule has 0 spiro atoms. The van der Waals surface area contributed by atoms with Crippen LogP contribution in [0.1, 0.15) is 168 Å². The first-order chi connectivity index (χ1) is 34.1. The molecule has 1 saturated heterocycles. The summed E-state index contributed by atoms with van der Waals surface area (Å²) in [6.07, 6.45) is 33.1. The zero-order chi connectivity index (χ0) is 52.2. The molecular weight excluding hydrogens is 961 g/mol. The molecule has 0 aliphatic carbocycles. The number of hydrogen-bond acceptors (Lipinski definition) is 16. The van der Waals surface area contributed by atoms with Crippen LogP contribution in [0.5, 0.6) is 0 Å². The topological polar surface area (TPSA) is 283 Å². The molecule has 19 nitrogen and oxygen atoms in total. The number of aromatic nitrogens is 2. The Kier molecular flexibility index (Phi) is 33.7. The second kappa shape index (κ2) is 37.8. The number of hydrogen-bond donors (Lipinski definition) is 5. The summed E-state index contributed by atoms with van der Waals surface area (Å²) in [4.78, 5) is 74.2. The quantitative estimate of drug-likeness (QED) is 0.0102. The van der Waals surface area contributed by atoms with Gasteiger partial charge in [-0.15, -0.1) is 0 Å². The molecule has 0 aromatic carbocycles. The Hall–Kier alpha value is -3.87. The monoisotopic (exact) mass is 1040 g/mol. The molecule has 1 aliphatic rings. The van der Waals surface area contributed by atoms with Crippen molar-refractivity contribution in [2.45, 2.75) is 192 Å². The Labute approximate surface area is 419 Å². The van der Waals surface area contributed by atoms with E-state index in [2.05, 4.69) is 53.5 Å². The minimum atomic E-state index is -5.47. The molecule has 2 unspecified atom stereocenters. The lowest BCUT2D eigenvalue weighted by Gasteiger charge is -2.21. The highest BCUT2D eigenvalue weighted by Gasteiger charge is 2.46. The molecule has 21 heteroatoms. The van der Waals surface area contributed by atoms with Gasteiger partial charge in [-0.2, -0.15) is 9.29 Å². The molecule has 2 rings (SSSR count). The highest BCUT2D eigenvalue weighted by atomic mass is 31.3. The predicted octanol–water partition coefficient (Wildman–Crippen LogP) is 9.51. The summed E-state index contributed by atoms with van der Waals surface area (Å²) in [5.41, 5.74) is 4.56. The predicted molar refractivity (Wildman–Crippen MR) is 271 cm³/mol. The highest BCUT2D eigenvalue weighted by Crippen LogP contribution is 2.60. The maximum atomic E-state index is 12.8. The maximum absolute atomic E-state index is 12.8. The summed E-state index contributed by atoms with van der Waals surface area (Å²) in [6.45, 7) is 1.87. The number of nitrogen functional groups attached to an aromatic ring is 1. The minimum Gasteiger partial charge on any atom is -0.462 e. The van der Waals surface area contributed by atoms with Crippen LogP contribution >= 0.6 is 15.6 Å². The number of rotatable bonds is 41. The first-order valence-corrected chi connectivity index (χ1v) is 28.2. The lowest BCUT2D eigenvalue weighted by atomic mass is 10.1. The van der Waals surface area contributed by atoms with E-state index in [1.165, 1.54) is 69.9 Å². The van der Waals surface area contributed by atoms with Gasteiger partial charge in [0.15, 0.2) is 18.1 Å². The van der Waals surface area contributed by atoms with Crippen LogP contribution in [0, 0.1) is 0 Å². The van der Waals surface area contributed by atoms with Crippen molar-refractivity contribution in [3.63, 3.8) is 0 Å². The van der Waals surface area contributed by atoms with Crippen molar-refractivity contribution in [1.29, 1.82) is 0 Å². The fourth-order valence-corrected chi connectivity index (χ4v) is 9.19. The van der Waals surface area contributed by atoms with Gasteiger partial charge in [0, 0.05) is 25.5 Å². The Balaban J connectivity index is 1.86. The molecule has 1 fully saturated rings. The fraction of sp³-hybridized carbons (Fsp3) is 0.660. The van der Waals surface area contributed by atoms with E-state index in [1.807, 2.05) is 12.2 Å². The Bertz CT molecular complexity index is 1990. The summed E-state index contributed by atoms with van der Waals surface area (Å²) >= 11 is 0. The van der Waals surface area contributed by atoms with Gasteiger partial charge in [-0.1, -0.05) is 133 Å². The second-order valence-electron chi connectivity index (χ2n) is 17.3. The molecule has 2 heterocycles. The average Bonchev–Trinajstić information content (AvgIpc) is 3.60. The number of esters is 2. The van der Waals surface area contributed by atoms with E-state index < -0.39 is 83.7 Å². The van der Waals surface area contributed by atoms with Crippen LogP contribution in [0.15, 0.2) is 77.8 Å². The number of allylic oxidation sites excluding steroid dienone is 10. The van der Waals surface area contributed by atoms with E-state index in [-0.39, 0.29) is 37.3 Å². The third-order valence-corrected chi connectivity index (χ3v) is 13.7. The SMILES string of the molecule is CCCCC/C=C\C/C=C\C/C=C\C=C\C(=O)CCCC(=O)OC[C@H](COP(=O)(O)OP(=O)(O)OC[C@H]1O[C@@H](n2ccc(N)nc2=O)[C@H](O)[C@@H]1O)OC(=O)CCCCCCC/C=C\CCCCCCCC. The van der Waals surface area contributed by atoms with Gasteiger partial charge in [-0.3, -0.25) is 28.0 Å². The number of nitrogens with zero attached hydrogens (tertiary/aromatic N) is 2. The first kappa shape index (κ1) is 63.2. The number of anilines is 1. The average molecular weight is 1040 g/mol. The maximum Gasteiger partial charge on any atom is 0.481 e. The molecular formula is C50H81N3O16P2. The number of carbonyl (C=O) groups excluding carboxylic acids is 3. The zero-order valence-electron chi connectivity index (χ0n) is 41.8. The van der Waals surface area contributed by atoms with Crippen molar-refractivity contribution in [2.24, 2.45) is 0 Å². The largest absolute Gasteiger partial charge is 0.481 e. The molecule has 1 aromatic rings. The number of phosphoric acid groups is 2. The van der Waals surface area contributed by atoms with Crippen molar-refractivity contribution in [1.82, 2.24) is 9.55 Å². The van der Waals surface area contributed by atoms with Gasteiger partial charge in [-0.05, 0) is 76.4 Å². The number of carbonyl (C=O) groups is 3. The fourth-order valence-electron chi connectivity index (χ4n) is 7.08. The molecule has 7 atom stereocenters. The molecule has 1 aliphatic heterocycles. The summed E-state index contributed by atoms with van der Waals surface area (Å²) in [5, 5.41) is 20.9. The van der Waals surface area contributed by atoms with E-state index in [9.17, 15) is 48.3 Å². The van der Waals surface area contributed by atoms with E-state index >= 15 is 0 Å². The van der Waals surface area contributed by atoms with Crippen molar-refractivity contribution in [3.05, 3.63) is 83.5 Å². The molecule has 0 bridgehead atoms. The second-order valence-corrected chi connectivity index (χ2v) is 20.4. The normalized spacial score (nSPS) is 19.6. The van der Waals surface area contributed by atoms with Gasteiger partial charge in [0.25, 0.3) is 0 Å². The molecule has 0 amide bonds. The van der Waals surface area contributed by atoms with Crippen LogP contribution in [0.4, 0.5) is 5.82 Å². The number of unbranched alkanes of at least 4 members (excludes halogenated alkanes) is 14. The molecule has 402 valence electrons. The first-order valence-electron chi connectivity index (χ1n) is 25.3. The third kappa shape index (κ3) is 30.7. The standard InChI is InChI=1S/C50H81N3O16P2/c1-3-5-7-9-11-13-15-17-18-20-22-24-26-28-30-34-46(56)67-42(38-64-45(55)35-31-33-41(54)32-29-27-25-23-21-19-16-14-12-10-8-6-4-2)39-65-70(60,61)69-71(62,63)66-40-43-47(57)48(58)49(68-43)53-37-36-44(51)52-50(53)59/h12,14,17-19,21,25,27,29,32,36-37,42-43,47-49,57-58H,3-11,13,15-16,20,22-24,26,28,30-31,33-35,38-40H2,1-2H3,(H,60,61)(H,62,63)(H2,51,52,59)/b14-12-,18-17-,21-19-,27-25-,32-29+/t42-,43-,47-,48-,49-/m1/s1. The van der Waals surface area contributed by atoms with Crippen LogP contribution in [-0.4, -0.2) is 91.5 Å². The van der Waals surface area contributed by atoms with E-state index in [0.29, 0.717) is 6.42 Å². The van der Waals surface area contributed by atoms with Crippen LogP contribution < -0.4 is 11.4 Å². The van der Waals surface area contributed by atoms with Gasteiger partial charge < -0.3 is 39.9 Å². The van der Waals surface area contributed by atoms with Gasteiger partial charge >= 0.3 is 33.3 Å². The van der Waals surface area contributed by atoms with Gasteiger partial charge in [0.2, 0.25) is 0 Å². The third-order valence-electron chi connectivity index (χ3n) is 11.1. The summed E-state index contributed by atoms with van der Waals surface area (Å²) < 4.78 is 56.5. The van der Waals surface area contributed by atoms with E-state index in [1.54, 1.807) is 12.2 Å². The van der Waals surface area contributed by atoms with Crippen LogP contribution in [-0.2, 0) is 51.1 Å². The lowest BCUT2D eigenvalue weighted by Crippen LogP contribution is -2.36. The smallest absolute Gasteiger partial charge is 0.462 e. The zero-order valence-corrected chi connectivity index (χ0v) is 43.5. The Morgan fingerprint density at radius 1 is 0.718 bits per heavy atom. The number of aliphatic hydroxyl groups is 2. The van der Waals surface area contributed by atoms with Crippen molar-refractivity contribution >= 4 is 39.2 Å². The molecule has 71 heavy (non-hydrogen) atoms. The number of ether oxygens (including phenoxy) is 3. The number of ketones is 1. The van der Waals surface area contributed by atoms with E-state index in [4.69, 9.17) is 29.0 Å². The van der Waals surface area contributed by atoms with Crippen molar-refractivity contribution in [3.8, 4) is 0 Å². The lowest BCUT2D eigenvalue weighted by molar-refractivity contribution is -0.161. The molecule has 6 N–H and O–H groups in total. The van der Waals surface area contributed by atoms with Crippen LogP contribution in [0.2, 0.25) is 0 Å². The highest BCUT2D eigenvalue weighted by molar-refractivity contribution is 7.61. The van der Waals surface area contributed by atoms with Gasteiger partial charge in [-0.25, -0.2) is 13.9 Å². The Morgan fingerprint density at radius 3 is 1.96 bits per heavy atom. The van der Waals surface area contributed by atoms with Gasteiger partial charge in [0.05, 0.1) is 13.2 Å².